The summed E-state index contributed by atoms with van der Waals surface area (Å²) in [5.74, 6) is 6.90. The van der Waals surface area contributed by atoms with Gasteiger partial charge in [0.25, 0.3) is 0 Å². The van der Waals surface area contributed by atoms with E-state index in [0.29, 0.717) is 19.6 Å². The maximum absolute atomic E-state index is 12.0. The number of para-hydroxylation sites is 1. The fourth-order valence-electron chi connectivity index (χ4n) is 2.37. The Morgan fingerprint density at radius 2 is 1.84 bits per heavy atom. The van der Waals surface area contributed by atoms with Gasteiger partial charge in [0.05, 0.1) is 25.3 Å². The molecule has 130 valence electrons. The Labute approximate surface area is 149 Å². The van der Waals surface area contributed by atoms with E-state index in [1.54, 1.807) is 0 Å². The molecule has 1 N–H and O–H groups in total. The van der Waals surface area contributed by atoms with Crippen LogP contribution in [0.2, 0.25) is 0 Å². The lowest BCUT2D eigenvalue weighted by molar-refractivity contribution is -0.120. The highest BCUT2D eigenvalue weighted by molar-refractivity contribution is 5.78. The quantitative estimate of drug-likeness (QED) is 0.825. The van der Waals surface area contributed by atoms with Crippen molar-refractivity contribution in [2.75, 3.05) is 32.1 Å². The highest BCUT2D eigenvalue weighted by Gasteiger charge is 2.03. The van der Waals surface area contributed by atoms with Gasteiger partial charge in [-0.2, -0.15) is 0 Å². The number of nitrogens with one attached hydrogen (secondary N) is 1. The number of nitrogens with zero attached hydrogens (tertiary/aromatic N) is 1. The molecule has 4 heteroatoms. The molecule has 0 aliphatic rings. The van der Waals surface area contributed by atoms with Gasteiger partial charge in [-0.1, -0.05) is 36.1 Å². The molecule has 0 heterocycles. The minimum atomic E-state index is -0.0423. The smallest absolute Gasteiger partial charge is 0.225 e. The maximum atomic E-state index is 12.0. The Morgan fingerprint density at radius 3 is 2.52 bits per heavy atom. The lowest BCUT2D eigenvalue weighted by atomic mass is 10.1. The predicted octanol–water partition coefficient (Wildman–Crippen LogP) is 2.86. The first kappa shape index (κ1) is 18.4. The van der Waals surface area contributed by atoms with Gasteiger partial charge in [0.2, 0.25) is 5.91 Å². The Kier molecular flexibility index (Phi) is 6.91. The Bertz CT molecular complexity index is 755. The number of rotatable bonds is 6. The number of hydrogen-bond donors (Lipinski definition) is 1. The van der Waals surface area contributed by atoms with E-state index < -0.39 is 0 Å². The van der Waals surface area contributed by atoms with Gasteiger partial charge in [0.1, 0.15) is 5.75 Å². The second-order valence-corrected chi connectivity index (χ2v) is 5.74. The molecule has 2 aromatic rings. The molecule has 0 fully saturated rings. The Balaban J connectivity index is 1.85. The summed E-state index contributed by atoms with van der Waals surface area (Å²) in [4.78, 5) is 14.0. The average molecular weight is 336 g/mol. The van der Waals surface area contributed by atoms with E-state index in [1.165, 1.54) is 0 Å². The summed E-state index contributed by atoms with van der Waals surface area (Å²) in [6.07, 6.45) is 0.336. The van der Waals surface area contributed by atoms with Crippen LogP contribution in [-0.4, -0.2) is 33.2 Å². The second-order valence-electron chi connectivity index (χ2n) is 5.74. The van der Waals surface area contributed by atoms with Crippen LogP contribution in [-0.2, 0) is 11.2 Å². The van der Waals surface area contributed by atoms with Crippen LogP contribution in [0.25, 0.3) is 0 Å². The van der Waals surface area contributed by atoms with E-state index in [2.05, 4.69) is 17.2 Å². The molecule has 4 nitrogen and oxygen atoms in total. The molecule has 0 aromatic heterocycles. The normalized spacial score (nSPS) is 9.72. The first-order valence-electron chi connectivity index (χ1n) is 8.33. The fourth-order valence-corrected chi connectivity index (χ4v) is 2.37. The van der Waals surface area contributed by atoms with Crippen molar-refractivity contribution >= 4 is 11.6 Å². The molecule has 2 aromatic carbocycles. The molecule has 0 spiro atoms. The third-order valence-corrected chi connectivity index (χ3v) is 3.58. The van der Waals surface area contributed by atoms with Crippen LogP contribution in [0.5, 0.6) is 5.75 Å². The molecule has 0 aliphatic carbocycles. The molecule has 2 rings (SSSR count). The number of benzene rings is 2. The average Bonchev–Trinajstić information content (AvgIpc) is 2.61. The van der Waals surface area contributed by atoms with Crippen LogP contribution in [0, 0.1) is 11.8 Å². The summed E-state index contributed by atoms with van der Waals surface area (Å²) in [6, 6.07) is 15.5. The molecular formula is C21H24N2O2. The van der Waals surface area contributed by atoms with Crippen LogP contribution < -0.4 is 15.0 Å². The number of anilines is 1. The molecule has 0 radical (unpaired) electrons. The van der Waals surface area contributed by atoms with Crippen molar-refractivity contribution in [3.8, 4) is 17.6 Å². The number of carbonyl (C=O) groups is 1. The number of hydrogen-bond acceptors (Lipinski definition) is 3. The maximum Gasteiger partial charge on any atom is 0.225 e. The third-order valence-electron chi connectivity index (χ3n) is 3.58. The van der Waals surface area contributed by atoms with Gasteiger partial charge in [-0.25, -0.2) is 0 Å². The number of ether oxygens (including phenoxy) is 1. The van der Waals surface area contributed by atoms with Crippen molar-refractivity contribution in [2.45, 2.75) is 13.3 Å². The predicted molar refractivity (Wildman–Crippen MR) is 102 cm³/mol. The Hall–Kier alpha value is -2.93. The summed E-state index contributed by atoms with van der Waals surface area (Å²) >= 11 is 0. The van der Waals surface area contributed by atoms with Crippen LogP contribution in [0.3, 0.4) is 0 Å². The second kappa shape index (κ2) is 9.39. The van der Waals surface area contributed by atoms with Crippen LogP contribution in [0.15, 0.2) is 48.5 Å². The SMILES string of the molecule is CCOc1ccc(CC(=O)NCC#Cc2ccccc2N(C)C)cc1. The van der Waals surface area contributed by atoms with Crippen molar-refractivity contribution in [3.63, 3.8) is 0 Å². The zero-order valence-electron chi connectivity index (χ0n) is 15.0. The van der Waals surface area contributed by atoms with Crippen LogP contribution >= 0.6 is 0 Å². The topological polar surface area (TPSA) is 41.6 Å². The zero-order valence-corrected chi connectivity index (χ0v) is 15.0. The summed E-state index contributed by atoms with van der Waals surface area (Å²) < 4.78 is 5.39. The summed E-state index contributed by atoms with van der Waals surface area (Å²) in [6.45, 7) is 2.91. The van der Waals surface area contributed by atoms with E-state index in [0.717, 1.165) is 22.6 Å². The number of amides is 1. The minimum Gasteiger partial charge on any atom is -0.494 e. The Morgan fingerprint density at radius 1 is 1.12 bits per heavy atom. The molecule has 0 bridgehead atoms. The van der Waals surface area contributed by atoms with Gasteiger partial charge in [-0.3, -0.25) is 4.79 Å². The largest absolute Gasteiger partial charge is 0.494 e. The van der Waals surface area contributed by atoms with E-state index in [-0.39, 0.29) is 5.91 Å². The van der Waals surface area contributed by atoms with Gasteiger partial charge in [0, 0.05) is 19.7 Å². The highest BCUT2D eigenvalue weighted by atomic mass is 16.5. The first-order chi connectivity index (χ1) is 12.1. The van der Waals surface area contributed by atoms with E-state index in [9.17, 15) is 4.79 Å². The monoisotopic (exact) mass is 336 g/mol. The van der Waals surface area contributed by atoms with E-state index in [1.807, 2.05) is 74.4 Å². The van der Waals surface area contributed by atoms with Crippen molar-refractivity contribution in [1.29, 1.82) is 0 Å². The summed E-state index contributed by atoms with van der Waals surface area (Å²) in [7, 11) is 3.97. The lowest BCUT2D eigenvalue weighted by Crippen LogP contribution is -2.25. The molecule has 1 amide bonds. The molecule has 0 aliphatic heterocycles. The van der Waals surface area contributed by atoms with Crippen LogP contribution in [0.1, 0.15) is 18.1 Å². The van der Waals surface area contributed by atoms with Gasteiger partial charge >= 0.3 is 0 Å². The van der Waals surface area contributed by atoms with Crippen molar-refractivity contribution in [3.05, 3.63) is 59.7 Å². The molecule has 0 atom stereocenters. The van der Waals surface area contributed by atoms with Crippen LogP contribution in [0.4, 0.5) is 5.69 Å². The van der Waals surface area contributed by atoms with E-state index >= 15 is 0 Å². The molecule has 0 unspecified atom stereocenters. The summed E-state index contributed by atoms with van der Waals surface area (Å²) in [5, 5.41) is 2.83. The zero-order chi connectivity index (χ0) is 18.1. The van der Waals surface area contributed by atoms with Crippen molar-refractivity contribution in [1.82, 2.24) is 5.32 Å². The van der Waals surface area contributed by atoms with Gasteiger partial charge < -0.3 is 15.0 Å². The summed E-state index contributed by atoms with van der Waals surface area (Å²) in [5.41, 5.74) is 2.97. The third kappa shape index (κ3) is 5.89. The van der Waals surface area contributed by atoms with Crippen molar-refractivity contribution in [2.24, 2.45) is 0 Å². The van der Waals surface area contributed by atoms with Gasteiger partial charge in [0.15, 0.2) is 0 Å². The lowest BCUT2D eigenvalue weighted by Gasteiger charge is -2.13. The highest BCUT2D eigenvalue weighted by Crippen LogP contribution is 2.16. The van der Waals surface area contributed by atoms with Crippen molar-refractivity contribution < 1.29 is 9.53 Å². The van der Waals surface area contributed by atoms with Gasteiger partial charge in [-0.05, 0) is 36.8 Å². The fraction of sp³-hybridized carbons (Fsp3) is 0.286. The molecule has 0 saturated carbocycles. The molecular weight excluding hydrogens is 312 g/mol. The van der Waals surface area contributed by atoms with E-state index in [4.69, 9.17) is 4.74 Å². The van der Waals surface area contributed by atoms with Gasteiger partial charge in [-0.15, -0.1) is 0 Å². The minimum absolute atomic E-state index is 0.0423. The number of carbonyl (C=O) groups excluding carboxylic acids is 1. The molecule has 25 heavy (non-hydrogen) atoms. The standard InChI is InChI=1S/C21H24N2O2/c1-4-25-19-13-11-17(12-14-19)16-21(24)22-15-7-9-18-8-5-6-10-20(18)23(2)3/h5-6,8,10-14H,4,15-16H2,1-3H3,(H,22,24). The first-order valence-corrected chi connectivity index (χ1v) is 8.33. The molecule has 0 saturated heterocycles.